The van der Waals surface area contributed by atoms with Crippen LogP contribution in [0.2, 0.25) is 0 Å². The third-order valence-electron chi connectivity index (χ3n) is 10.4. The summed E-state index contributed by atoms with van der Waals surface area (Å²) >= 11 is 0. The van der Waals surface area contributed by atoms with Crippen LogP contribution < -0.4 is 4.90 Å². The molecule has 0 N–H and O–H groups in total. The smallest absolute Gasteiger partial charge is 0.0619 e. The van der Waals surface area contributed by atoms with Gasteiger partial charge in [-0.05, 0) is 75.3 Å². The zero-order chi connectivity index (χ0) is 34.4. The zero-order valence-electron chi connectivity index (χ0n) is 28.5. The fourth-order valence-corrected chi connectivity index (χ4v) is 7.98. The average Bonchev–Trinajstić information content (AvgIpc) is 3.56. The minimum atomic E-state index is 1.10. The number of rotatable bonds is 6. The predicted octanol–water partition coefficient (Wildman–Crippen LogP) is 13.9. The molecule has 0 saturated carbocycles. The van der Waals surface area contributed by atoms with E-state index in [9.17, 15) is 0 Å². The van der Waals surface area contributed by atoms with Crippen LogP contribution in [0.15, 0.2) is 206 Å². The third kappa shape index (κ3) is 4.96. The second-order valence-corrected chi connectivity index (χ2v) is 13.3. The van der Waals surface area contributed by atoms with E-state index in [0.717, 1.165) is 22.7 Å². The largest absolute Gasteiger partial charge is 0.310 e. The van der Waals surface area contributed by atoms with Crippen molar-refractivity contribution in [1.29, 1.82) is 0 Å². The Morgan fingerprint density at radius 3 is 1.73 bits per heavy atom. The maximum Gasteiger partial charge on any atom is 0.0619 e. The third-order valence-corrected chi connectivity index (χ3v) is 10.4. The van der Waals surface area contributed by atoms with Crippen molar-refractivity contribution in [3.63, 3.8) is 0 Å². The van der Waals surface area contributed by atoms with Crippen LogP contribution in [0.5, 0.6) is 0 Å². The fraction of sp³-hybridized carbons (Fsp3) is 0. The van der Waals surface area contributed by atoms with Gasteiger partial charge in [0.05, 0.1) is 16.7 Å². The van der Waals surface area contributed by atoms with Crippen molar-refractivity contribution in [3.05, 3.63) is 206 Å². The molecular weight excluding hydrogens is 629 g/mol. The van der Waals surface area contributed by atoms with E-state index in [1.165, 1.54) is 65.6 Å². The Morgan fingerprint density at radius 1 is 0.346 bits per heavy atom. The topological polar surface area (TPSA) is 8.17 Å². The normalized spacial score (nSPS) is 11.5. The lowest BCUT2D eigenvalue weighted by atomic mass is 9.97. The van der Waals surface area contributed by atoms with Crippen molar-refractivity contribution < 1.29 is 0 Å². The van der Waals surface area contributed by atoms with Crippen LogP contribution in [-0.4, -0.2) is 4.57 Å². The van der Waals surface area contributed by atoms with E-state index in [1.54, 1.807) is 0 Å². The van der Waals surface area contributed by atoms with Gasteiger partial charge in [0, 0.05) is 38.8 Å². The zero-order valence-corrected chi connectivity index (χ0v) is 28.5. The SMILES string of the molecule is c1ccc(-c2ccccc2N(c2ccc(-c3cccc4ccccc34)cc2)c2ccc3c4ccc5ccccc5c4n(-c4ccccc4)c3c2)cc1. The van der Waals surface area contributed by atoms with Gasteiger partial charge in [0.15, 0.2) is 0 Å². The molecule has 2 heteroatoms. The van der Waals surface area contributed by atoms with Crippen LogP contribution in [0, 0.1) is 0 Å². The van der Waals surface area contributed by atoms with Gasteiger partial charge in [0.25, 0.3) is 0 Å². The highest BCUT2D eigenvalue weighted by Crippen LogP contribution is 2.44. The van der Waals surface area contributed by atoms with Crippen LogP contribution in [0.1, 0.15) is 0 Å². The number of hydrogen-bond donors (Lipinski definition) is 0. The summed E-state index contributed by atoms with van der Waals surface area (Å²) in [5, 5.41) is 7.47. The molecule has 1 heterocycles. The summed E-state index contributed by atoms with van der Waals surface area (Å²) in [6.07, 6.45) is 0. The summed E-state index contributed by atoms with van der Waals surface area (Å²) in [7, 11) is 0. The van der Waals surface area contributed by atoms with Crippen molar-refractivity contribution in [3.8, 4) is 27.9 Å². The summed E-state index contributed by atoms with van der Waals surface area (Å²) < 4.78 is 2.45. The van der Waals surface area contributed by atoms with Crippen LogP contribution in [0.25, 0.3) is 71.3 Å². The predicted molar refractivity (Wildman–Crippen MR) is 221 cm³/mol. The lowest BCUT2D eigenvalue weighted by molar-refractivity contribution is 1.18. The van der Waals surface area contributed by atoms with Gasteiger partial charge in [0.2, 0.25) is 0 Å². The first kappa shape index (κ1) is 30.0. The number of benzene rings is 9. The van der Waals surface area contributed by atoms with E-state index >= 15 is 0 Å². The molecule has 0 spiro atoms. The molecular formula is C50H34N2. The molecule has 10 aromatic rings. The average molecular weight is 663 g/mol. The Bertz CT molecular complexity index is 2880. The molecule has 2 nitrogen and oxygen atoms in total. The number of fused-ring (bicyclic) bond motifs is 6. The first-order valence-electron chi connectivity index (χ1n) is 17.9. The number of aromatic nitrogens is 1. The van der Waals surface area contributed by atoms with Gasteiger partial charge >= 0.3 is 0 Å². The minimum absolute atomic E-state index is 1.10. The summed E-state index contributed by atoms with van der Waals surface area (Å²) in [6, 6.07) is 74.7. The Balaban J connectivity index is 1.22. The first-order valence-corrected chi connectivity index (χ1v) is 17.9. The van der Waals surface area contributed by atoms with Crippen molar-refractivity contribution in [2.45, 2.75) is 0 Å². The van der Waals surface area contributed by atoms with Crippen LogP contribution in [0.3, 0.4) is 0 Å². The lowest BCUT2D eigenvalue weighted by Crippen LogP contribution is -2.11. The molecule has 0 atom stereocenters. The molecule has 0 unspecified atom stereocenters. The molecule has 9 aromatic carbocycles. The van der Waals surface area contributed by atoms with E-state index in [1.807, 2.05) is 0 Å². The molecule has 244 valence electrons. The van der Waals surface area contributed by atoms with Gasteiger partial charge in [-0.2, -0.15) is 0 Å². The second-order valence-electron chi connectivity index (χ2n) is 13.3. The molecule has 0 fully saturated rings. The van der Waals surface area contributed by atoms with E-state index in [4.69, 9.17) is 0 Å². The van der Waals surface area contributed by atoms with Crippen LogP contribution in [-0.2, 0) is 0 Å². The molecule has 1 aromatic heterocycles. The van der Waals surface area contributed by atoms with Crippen molar-refractivity contribution in [1.82, 2.24) is 4.57 Å². The van der Waals surface area contributed by atoms with Gasteiger partial charge in [-0.25, -0.2) is 0 Å². The highest BCUT2D eigenvalue weighted by atomic mass is 15.1. The van der Waals surface area contributed by atoms with Gasteiger partial charge in [0.1, 0.15) is 0 Å². The van der Waals surface area contributed by atoms with Gasteiger partial charge in [-0.3, -0.25) is 0 Å². The Morgan fingerprint density at radius 2 is 0.923 bits per heavy atom. The summed E-state index contributed by atoms with van der Waals surface area (Å²) in [5.74, 6) is 0. The molecule has 0 amide bonds. The minimum Gasteiger partial charge on any atom is -0.310 e. The lowest BCUT2D eigenvalue weighted by Gasteiger charge is -2.28. The molecule has 0 radical (unpaired) electrons. The van der Waals surface area contributed by atoms with Crippen molar-refractivity contribution >= 4 is 60.4 Å². The van der Waals surface area contributed by atoms with E-state index < -0.39 is 0 Å². The molecule has 10 rings (SSSR count). The summed E-state index contributed by atoms with van der Waals surface area (Å²) in [4.78, 5) is 2.42. The standard InChI is InChI=1S/C50H34N2/c1-3-14-36(15-4-1)44-22-11-12-25-48(44)51(40-29-26-38(27-30-40)43-24-13-18-35-16-7-9-21-42(35)43)41-31-33-46-47-32-28-37-17-8-10-23-45(37)50(47)52(49(46)34-41)39-19-5-2-6-20-39/h1-34H. The van der Waals surface area contributed by atoms with Gasteiger partial charge < -0.3 is 9.47 Å². The molecule has 52 heavy (non-hydrogen) atoms. The van der Waals surface area contributed by atoms with Gasteiger partial charge in [-0.15, -0.1) is 0 Å². The number of nitrogens with zero attached hydrogens (tertiary/aromatic N) is 2. The molecule has 0 aliphatic carbocycles. The summed E-state index contributed by atoms with van der Waals surface area (Å²) in [6.45, 7) is 0. The highest BCUT2D eigenvalue weighted by Gasteiger charge is 2.21. The highest BCUT2D eigenvalue weighted by molar-refractivity contribution is 6.19. The molecule has 0 aliphatic heterocycles. The van der Waals surface area contributed by atoms with E-state index in [0.29, 0.717) is 0 Å². The number of hydrogen-bond acceptors (Lipinski definition) is 1. The van der Waals surface area contributed by atoms with E-state index in [-0.39, 0.29) is 0 Å². The number of anilines is 3. The maximum atomic E-state index is 2.45. The van der Waals surface area contributed by atoms with Crippen LogP contribution in [0.4, 0.5) is 17.1 Å². The van der Waals surface area contributed by atoms with Crippen LogP contribution >= 0.6 is 0 Å². The van der Waals surface area contributed by atoms with Crippen molar-refractivity contribution in [2.75, 3.05) is 4.90 Å². The van der Waals surface area contributed by atoms with E-state index in [2.05, 4.69) is 216 Å². The maximum absolute atomic E-state index is 2.45. The molecule has 0 saturated heterocycles. The molecule has 0 aliphatic rings. The quantitative estimate of drug-likeness (QED) is 0.172. The summed E-state index contributed by atoms with van der Waals surface area (Å²) in [5.41, 5.74) is 11.7. The Hall–Kier alpha value is -6.90. The van der Waals surface area contributed by atoms with Crippen molar-refractivity contribution in [2.24, 2.45) is 0 Å². The monoisotopic (exact) mass is 662 g/mol. The Kier molecular flexibility index (Phi) is 7.18. The molecule has 0 bridgehead atoms. The Labute approximate surface area is 303 Å². The first-order chi connectivity index (χ1) is 25.8. The number of para-hydroxylation sites is 2. The second kappa shape index (κ2) is 12.5. The van der Waals surface area contributed by atoms with Gasteiger partial charge in [-0.1, -0.05) is 164 Å². The fourth-order valence-electron chi connectivity index (χ4n) is 7.98.